The van der Waals surface area contributed by atoms with Gasteiger partial charge < -0.3 is 5.32 Å². The maximum absolute atomic E-state index is 11.8. The van der Waals surface area contributed by atoms with Gasteiger partial charge in [-0.3, -0.25) is 4.79 Å². The molecule has 1 fully saturated rings. The molecule has 3 nitrogen and oxygen atoms in total. The molecule has 0 spiro atoms. The minimum atomic E-state index is -0.111. The normalized spacial score (nSPS) is 16.9. The number of amides is 1. The highest BCUT2D eigenvalue weighted by Gasteiger charge is 2.41. The van der Waals surface area contributed by atoms with E-state index in [0.29, 0.717) is 5.69 Å². The fraction of sp³-hybridized carbons (Fsp3) is 0.455. The quantitative estimate of drug-likeness (QED) is 0.851. The van der Waals surface area contributed by atoms with Crippen molar-refractivity contribution in [1.29, 1.82) is 0 Å². The second-order valence-corrected chi connectivity index (χ2v) is 5.57. The number of nitrogens with one attached hydrogen (secondary N) is 1. The van der Waals surface area contributed by atoms with Gasteiger partial charge in [-0.15, -0.1) is 0 Å². The number of nitrogens with zero attached hydrogens (tertiary/aromatic N) is 1. The Morgan fingerprint density at radius 1 is 1.56 bits per heavy atom. The van der Waals surface area contributed by atoms with Crippen LogP contribution in [0.15, 0.2) is 22.8 Å². The van der Waals surface area contributed by atoms with Gasteiger partial charge >= 0.3 is 0 Å². The summed E-state index contributed by atoms with van der Waals surface area (Å²) in [5.74, 6) is -0.111. The Bertz CT molecular complexity index is 405. The number of alkyl halides is 1. The maximum atomic E-state index is 11.8. The summed E-state index contributed by atoms with van der Waals surface area (Å²) >= 11 is 6.80. The summed E-state index contributed by atoms with van der Waals surface area (Å²) in [6.45, 7) is 0.722. The highest BCUT2D eigenvalue weighted by atomic mass is 79.9. The number of aromatic nitrogens is 1. The standard InChI is InChI=1S/C11H12Br2N2O/c12-6-11(3-4-11)7-15-10(16)9-8(13)2-1-5-14-9/h1-2,5H,3-4,6-7H2,(H,15,16). The molecule has 0 aromatic carbocycles. The van der Waals surface area contributed by atoms with Crippen molar-refractivity contribution in [2.24, 2.45) is 5.41 Å². The SMILES string of the molecule is O=C(NCC1(CBr)CC1)c1ncccc1Br. The molecular formula is C11H12Br2N2O. The summed E-state index contributed by atoms with van der Waals surface area (Å²) in [5, 5.41) is 3.88. The first-order valence-corrected chi connectivity index (χ1v) is 7.03. The van der Waals surface area contributed by atoms with Gasteiger partial charge in [0.05, 0.1) is 0 Å². The number of pyridine rings is 1. The van der Waals surface area contributed by atoms with Crippen molar-refractivity contribution in [2.45, 2.75) is 12.8 Å². The van der Waals surface area contributed by atoms with Crippen LogP contribution in [0.1, 0.15) is 23.3 Å². The number of hydrogen-bond acceptors (Lipinski definition) is 2. The third kappa shape index (κ3) is 2.63. The van der Waals surface area contributed by atoms with Crippen LogP contribution in [0, 0.1) is 5.41 Å². The van der Waals surface area contributed by atoms with Crippen molar-refractivity contribution < 1.29 is 4.79 Å². The first-order chi connectivity index (χ1) is 7.67. The van der Waals surface area contributed by atoms with Gasteiger partial charge in [-0.1, -0.05) is 15.9 Å². The van der Waals surface area contributed by atoms with Gasteiger partial charge in [0.15, 0.2) is 0 Å². The molecule has 0 bridgehead atoms. The molecule has 86 valence electrons. The minimum Gasteiger partial charge on any atom is -0.350 e. The Morgan fingerprint density at radius 3 is 2.88 bits per heavy atom. The van der Waals surface area contributed by atoms with Crippen LogP contribution < -0.4 is 5.32 Å². The van der Waals surface area contributed by atoms with Crippen LogP contribution >= 0.6 is 31.9 Å². The number of halogens is 2. The molecule has 1 saturated carbocycles. The first-order valence-electron chi connectivity index (χ1n) is 5.12. The van der Waals surface area contributed by atoms with Crippen LogP contribution in [0.5, 0.6) is 0 Å². The molecule has 1 aliphatic carbocycles. The van der Waals surface area contributed by atoms with Gasteiger partial charge in [0.1, 0.15) is 5.69 Å². The van der Waals surface area contributed by atoms with E-state index in [4.69, 9.17) is 0 Å². The molecule has 0 atom stereocenters. The maximum Gasteiger partial charge on any atom is 0.271 e. The average Bonchev–Trinajstić information content (AvgIpc) is 3.07. The number of carbonyl (C=O) groups excluding carboxylic acids is 1. The third-order valence-corrected chi connectivity index (χ3v) is 4.67. The van der Waals surface area contributed by atoms with E-state index in [1.807, 2.05) is 6.07 Å². The lowest BCUT2D eigenvalue weighted by Gasteiger charge is -2.12. The van der Waals surface area contributed by atoms with E-state index >= 15 is 0 Å². The minimum absolute atomic E-state index is 0.111. The van der Waals surface area contributed by atoms with Gasteiger partial charge in [0.2, 0.25) is 0 Å². The molecule has 1 amide bonds. The van der Waals surface area contributed by atoms with Crippen LogP contribution in [0.3, 0.4) is 0 Å². The monoisotopic (exact) mass is 346 g/mol. The van der Waals surface area contributed by atoms with Gasteiger partial charge in [-0.2, -0.15) is 0 Å². The second-order valence-electron chi connectivity index (χ2n) is 4.15. The largest absolute Gasteiger partial charge is 0.350 e. The Balaban J connectivity index is 1.96. The third-order valence-electron chi connectivity index (χ3n) is 2.84. The fourth-order valence-corrected chi connectivity index (χ4v) is 2.63. The molecule has 0 saturated heterocycles. The van der Waals surface area contributed by atoms with Crippen molar-refractivity contribution in [3.8, 4) is 0 Å². The van der Waals surface area contributed by atoms with E-state index in [-0.39, 0.29) is 11.3 Å². The summed E-state index contributed by atoms with van der Waals surface area (Å²) in [6, 6.07) is 3.61. The zero-order chi connectivity index (χ0) is 11.6. The molecular weight excluding hydrogens is 336 g/mol. The molecule has 2 rings (SSSR count). The highest BCUT2D eigenvalue weighted by Crippen LogP contribution is 2.46. The molecule has 1 aromatic rings. The van der Waals surface area contributed by atoms with E-state index in [1.54, 1.807) is 12.3 Å². The van der Waals surface area contributed by atoms with Crippen molar-refractivity contribution in [2.75, 3.05) is 11.9 Å². The topological polar surface area (TPSA) is 42.0 Å². The van der Waals surface area contributed by atoms with Crippen LogP contribution in [-0.4, -0.2) is 22.8 Å². The van der Waals surface area contributed by atoms with Crippen molar-refractivity contribution in [1.82, 2.24) is 10.3 Å². The Labute approximate surface area is 111 Å². The molecule has 0 radical (unpaired) electrons. The summed E-state index contributed by atoms with van der Waals surface area (Å²) in [7, 11) is 0. The lowest BCUT2D eigenvalue weighted by atomic mass is 10.1. The Kier molecular flexibility index (Phi) is 3.64. The van der Waals surface area contributed by atoms with Crippen molar-refractivity contribution in [3.05, 3.63) is 28.5 Å². The summed E-state index contributed by atoms with van der Waals surface area (Å²) in [4.78, 5) is 15.9. The van der Waals surface area contributed by atoms with Crippen LogP contribution in [0.2, 0.25) is 0 Å². The van der Waals surface area contributed by atoms with Gasteiger partial charge in [0.25, 0.3) is 5.91 Å². The van der Waals surface area contributed by atoms with E-state index in [2.05, 4.69) is 42.2 Å². The first kappa shape index (κ1) is 12.0. The van der Waals surface area contributed by atoms with Gasteiger partial charge in [-0.25, -0.2) is 4.98 Å². The van der Waals surface area contributed by atoms with Crippen molar-refractivity contribution in [3.63, 3.8) is 0 Å². The molecule has 1 N–H and O–H groups in total. The zero-order valence-electron chi connectivity index (χ0n) is 8.67. The van der Waals surface area contributed by atoms with E-state index < -0.39 is 0 Å². The Hall–Kier alpha value is -0.420. The predicted octanol–water partition coefficient (Wildman–Crippen LogP) is 2.75. The van der Waals surface area contributed by atoms with Crippen LogP contribution in [0.4, 0.5) is 0 Å². The lowest BCUT2D eigenvalue weighted by Crippen LogP contribution is -2.31. The molecule has 1 heterocycles. The average molecular weight is 348 g/mol. The predicted molar refractivity (Wildman–Crippen MR) is 69.7 cm³/mol. The number of carbonyl (C=O) groups is 1. The highest BCUT2D eigenvalue weighted by molar-refractivity contribution is 9.10. The lowest BCUT2D eigenvalue weighted by molar-refractivity contribution is 0.0941. The Morgan fingerprint density at radius 2 is 2.31 bits per heavy atom. The molecule has 0 aliphatic heterocycles. The smallest absolute Gasteiger partial charge is 0.271 e. The van der Waals surface area contributed by atoms with Crippen molar-refractivity contribution >= 4 is 37.8 Å². The zero-order valence-corrected chi connectivity index (χ0v) is 11.8. The fourth-order valence-electron chi connectivity index (χ4n) is 1.44. The van der Waals surface area contributed by atoms with E-state index in [0.717, 1.165) is 16.3 Å². The summed E-state index contributed by atoms with van der Waals surface area (Å²) in [5.41, 5.74) is 0.740. The molecule has 16 heavy (non-hydrogen) atoms. The van der Waals surface area contributed by atoms with Crippen LogP contribution in [0.25, 0.3) is 0 Å². The molecule has 0 unspecified atom stereocenters. The van der Waals surface area contributed by atoms with E-state index in [1.165, 1.54) is 12.8 Å². The van der Waals surface area contributed by atoms with Gasteiger partial charge in [-0.05, 0) is 46.3 Å². The summed E-state index contributed by atoms with van der Waals surface area (Å²) in [6.07, 6.45) is 3.99. The summed E-state index contributed by atoms with van der Waals surface area (Å²) < 4.78 is 0.733. The van der Waals surface area contributed by atoms with Crippen LogP contribution in [-0.2, 0) is 0 Å². The molecule has 5 heteroatoms. The number of hydrogen-bond donors (Lipinski definition) is 1. The van der Waals surface area contributed by atoms with Gasteiger partial charge in [0, 0.05) is 22.5 Å². The second kappa shape index (κ2) is 4.84. The number of rotatable bonds is 4. The molecule has 1 aliphatic rings. The molecule has 1 aromatic heterocycles. The van der Waals surface area contributed by atoms with E-state index in [9.17, 15) is 4.79 Å².